The molecular weight excluding hydrogens is 447 g/mol. The molecule has 0 fully saturated rings. The average Bonchev–Trinajstić information content (AvgIpc) is 2.77. The van der Waals surface area contributed by atoms with E-state index in [-0.39, 0.29) is 18.0 Å². The van der Waals surface area contributed by atoms with Crippen LogP contribution in [0.25, 0.3) is 0 Å². The lowest BCUT2D eigenvalue weighted by atomic mass is 10.0. The zero-order valence-corrected chi connectivity index (χ0v) is 19.7. The molecule has 3 rings (SSSR count). The van der Waals surface area contributed by atoms with Crippen molar-refractivity contribution in [2.24, 2.45) is 0 Å². The lowest BCUT2D eigenvalue weighted by molar-refractivity contribution is 0.414. The Kier molecular flexibility index (Phi) is 7.79. The Balaban J connectivity index is 1.96. The number of ether oxygens (including phenoxy) is 1. The van der Waals surface area contributed by atoms with Crippen LogP contribution in [0.1, 0.15) is 42.1 Å². The number of rotatable bonds is 8. The summed E-state index contributed by atoms with van der Waals surface area (Å²) in [6.07, 6.45) is 0.374. The van der Waals surface area contributed by atoms with Gasteiger partial charge in [-0.1, -0.05) is 49.2 Å². The molecule has 0 saturated carbocycles. The van der Waals surface area contributed by atoms with Gasteiger partial charge in [-0.25, -0.2) is 4.68 Å². The quantitative estimate of drug-likeness (QED) is 0.454. The number of benzene rings is 2. The second-order valence-electron chi connectivity index (χ2n) is 7.66. The van der Waals surface area contributed by atoms with Crippen molar-refractivity contribution in [3.63, 3.8) is 0 Å². The number of nitrogens with zero attached hydrogens (tertiary/aromatic N) is 3. The van der Waals surface area contributed by atoms with Crippen molar-refractivity contribution < 1.29 is 4.74 Å². The topological polar surface area (TPSA) is 79.9 Å². The van der Waals surface area contributed by atoms with E-state index in [0.29, 0.717) is 45.5 Å². The minimum absolute atomic E-state index is 0.0369. The molecule has 0 bridgehead atoms. The molecule has 0 aliphatic carbocycles. The first-order valence-corrected chi connectivity index (χ1v) is 10.9. The molecule has 0 amide bonds. The van der Waals surface area contributed by atoms with Crippen molar-refractivity contribution in [3.8, 4) is 11.8 Å². The van der Waals surface area contributed by atoms with Crippen molar-refractivity contribution >= 4 is 28.9 Å². The lowest BCUT2D eigenvalue weighted by Crippen LogP contribution is -2.28. The molecule has 3 aromatic rings. The summed E-state index contributed by atoms with van der Waals surface area (Å²) >= 11 is 13.0. The fraction of sp³-hybridized carbons (Fsp3) is 0.292. The molecular formula is C24H24Cl2N4O2. The van der Waals surface area contributed by atoms with E-state index in [4.69, 9.17) is 33.2 Å². The van der Waals surface area contributed by atoms with E-state index in [1.807, 2.05) is 50.2 Å². The predicted octanol–water partition coefficient (Wildman–Crippen LogP) is 5.26. The van der Waals surface area contributed by atoms with Crippen LogP contribution in [0, 0.1) is 11.3 Å². The van der Waals surface area contributed by atoms with Gasteiger partial charge in [-0.05, 0) is 47.4 Å². The van der Waals surface area contributed by atoms with Crippen LogP contribution >= 0.6 is 23.2 Å². The van der Waals surface area contributed by atoms with Crippen LogP contribution in [0.3, 0.4) is 0 Å². The van der Waals surface area contributed by atoms with Crippen LogP contribution in [-0.2, 0) is 13.0 Å². The molecule has 32 heavy (non-hydrogen) atoms. The van der Waals surface area contributed by atoms with Gasteiger partial charge in [0.05, 0.1) is 25.4 Å². The summed E-state index contributed by atoms with van der Waals surface area (Å²) in [5, 5.41) is 17.2. The number of aromatic nitrogens is 2. The van der Waals surface area contributed by atoms with Gasteiger partial charge in [0.1, 0.15) is 12.3 Å². The zero-order chi connectivity index (χ0) is 23.3. The van der Waals surface area contributed by atoms with Gasteiger partial charge >= 0.3 is 0 Å². The Labute approximate surface area is 197 Å². The van der Waals surface area contributed by atoms with Gasteiger partial charge < -0.3 is 10.1 Å². The van der Waals surface area contributed by atoms with Crippen molar-refractivity contribution in [3.05, 3.63) is 85.2 Å². The maximum Gasteiger partial charge on any atom is 0.270 e. The van der Waals surface area contributed by atoms with Crippen molar-refractivity contribution in [2.75, 3.05) is 19.0 Å². The number of hydrogen-bond acceptors (Lipinski definition) is 5. The van der Waals surface area contributed by atoms with Gasteiger partial charge in [0.2, 0.25) is 0 Å². The second kappa shape index (κ2) is 10.5. The SMILES string of the molecule is COc1ccc(Cn2nc(Cc3c(Cl)cc(NCC#N)cc3Cl)cc(C(C)C)c2=O)cc1. The molecule has 166 valence electrons. The van der Waals surface area contributed by atoms with Crippen LogP contribution < -0.4 is 15.6 Å². The summed E-state index contributed by atoms with van der Waals surface area (Å²) in [5.41, 5.74) is 3.59. The highest BCUT2D eigenvalue weighted by atomic mass is 35.5. The number of anilines is 1. The van der Waals surface area contributed by atoms with Gasteiger partial charge in [0.15, 0.2) is 0 Å². The van der Waals surface area contributed by atoms with E-state index in [9.17, 15) is 4.79 Å². The van der Waals surface area contributed by atoms with Crippen LogP contribution in [-0.4, -0.2) is 23.4 Å². The monoisotopic (exact) mass is 470 g/mol. The molecule has 0 aliphatic heterocycles. The Hall–Kier alpha value is -3.01. The first-order chi connectivity index (χ1) is 15.3. The molecule has 0 atom stereocenters. The fourth-order valence-corrected chi connectivity index (χ4v) is 3.95. The van der Waals surface area contributed by atoms with E-state index < -0.39 is 0 Å². The van der Waals surface area contributed by atoms with E-state index in [2.05, 4.69) is 10.4 Å². The molecule has 2 aromatic carbocycles. The first-order valence-electron chi connectivity index (χ1n) is 10.1. The second-order valence-corrected chi connectivity index (χ2v) is 8.48. The Bertz CT molecular complexity index is 1180. The van der Waals surface area contributed by atoms with Gasteiger partial charge in [0, 0.05) is 27.7 Å². The summed E-state index contributed by atoms with van der Waals surface area (Å²) in [6, 6.07) is 14.8. The summed E-state index contributed by atoms with van der Waals surface area (Å²) in [7, 11) is 1.61. The smallest absolute Gasteiger partial charge is 0.270 e. The lowest BCUT2D eigenvalue weighted by Gasteiger charge is -2.15. The summed E-state index contributed by atoms with van der Waals surface area (Å²) in [6.45, 7) is 4.46. The maximum atomic E-state index is 13.0. The largest absolute Gasteiger partial charge is 0.497 e. The van der Waals surface area contributed by atoms with Gasteiger partial charge in [-0.3, -0.25) is 4.79 Å². The highest BCUT2D eigenvalue weighted by molar-refractivity contribution is 6.36. The highest BCUT2D eigenvalue weighted by Crippen LogP contribution is 2.31. The van der Waals surface area contributed by atoms with E-state index in [1.165, 1.54) is 4.68 Å². The normalized spacial score (nSPS) is 10.8. The minimum Gasteiger partial charge on any atom is -0.497 e. The Morgan fingerprint density at radius 3 is 2.38 bits per heavy atom. The van der Waals surface area contributed by atoms with Gasteiger partial charge in [-0.15, -0.1) is 0 Å². The number of methoxy groups -OCH3 is 1. The van der Waals surface area contributed by atoms with Gasteiger partial charge in [0.25, 0.3) is 5.56 Å². The zero-order valence-electron chi connectivity index (χ0n) is 18.2. The van der Waals surface area contributed by atoms with E-state index in [1.54, 1.807) is 19.2 Å². The molecule has 6 nitrogen and oxygen atoms in total. The molecule has 0 saturated heterocycles. The highest BCUT2D eigenvalue weighted by Gasteiger charge is 2.15. The van der Waals surface area contributed by atoms with Crippen LogP contribution in [0.4, 0.5) is 5.69 Å². The number of nitrogens with one attached hydrogen (secondary N) is 1. The number of nitriles is 1. The molecule has 1 aromatic heterocycles. The fourth-order valence-electron chi connectivity index (χ4n) is 3.33. The van der Waals surface area contributed by atoms with Crippen LogP contribution in [0.2, 0.25) is 10.0 Å². The summed E-state index contributed by atoms with van der Waals surface area (Å²) in [4.78, 5) is 13.0. The van der Waals surface area contributed by atoms with E-state index >= 15 is 0 Å². The molecule has 0 unspecified atom stereocenters. The third kappa shape index (κ3) is 5.61. The summed E-state index contributed by atoms with van der Waals surface area (Å²) in [5.74, 6) is 0.789. The minimum atomic E-state index is -0.118. The molecule has 0 spiro atoms. The third-order valence-corrected chi connectivity index (χ3v) is 5.71. The first kappa shape index (κ1) is 23.6. The average molecular weight is 471 g/mol. The van der Waals surface area contributed by atoms with Crippen molar-refractivity contribution in [1.82, 2.24) is 9.78 Å². The summed E-state index contributed by atoms with van der Waals surface area (Å²) < 4.78 is 6.69. The van der Waals surface area contributed by atoms with Crippen molar-refractivity contribution in [1.29, 1.82) is 5.26 Å². The number of halogens is 2. The van der Waals surface area contributed by atoms with Crippen molar-refractivity contribution in [2.45, 2.75) is 32.7 Å². The molecule has 1 heterocycles. The molecule has 1 N–H and O–H groups in total. The number of hydrogen-bond donors (Lipinski definition) is 1. The standard InChI is InChI=1S/C24H24Cl2N4O2/c1-15(2)20-10-18(11-21-22(25)12-17(13-23(21)26)28-9-8-27)29-30(24(20)31)14-16-4-6-19(32-3)7-5-16/h4-7,10,12-13,15,28H,9,11,14H2,1-3H3. The predicted molar refractivity (Wildman–Crippen MR) is 128 cm³/mol. The third-order valence-electron chi connectivity index (χ3n) is 5.04. The van der Waals surface area contributed by atoms with Gasteiger partial charge in [-0.2, -0.15) is 10.4 Å². The molecule has 0 aliphatic rings. The van der Waals surface area contributed by atoms with Crippen LogP contribution in [0.5, 0.6) is 5.75 Å². The molecule has 8 heteroatoms. The van der Waals surface area contributed by atoms with E-state index in [0.717, 1.165) is 11.3 Å². The van der Waals surface area contributed by atoms with Crippen LogP contribution in [0.15, 0.2) is 47.3 Å². The Morgan fingerprint density at radius 2 is 1.81 bits per heavy atom. The Morgan fingerprint density at radius 1 is 1.16 bits per heavy atom. The molecule has 0 radical (unpaired) electrons. The maximum absolute atomic E-state index is 13.0.